The van der Waals surface area contributed by atoms with Crippen LogP contribution >= 0.6 is 0 Å². The quantitative estimate of drug-likeness (QED) is 0.775. The molecule has 1 aromatic rings. The van der Waals surface area contributed by atoms with Gasteiger partial charge in [0.2, 0.25) is 5.91 Å². The highest BCUT2D eigenvalue weighted by atomic mass is 19.3. The van der Waals surface area contributed by atoms with Crippen molar-refractivity contribution in [3.05, 3.63) is 23.8 Å². The van der Waals surface area contributed by atoms with Crippen LogP contribution in [0.1, 0.15) is 5.56 Å². The summed E-state index contributed by atoms with van der Waals surface area (Å²) >= 11 is 0. The average molecular weight is 274 g/mol. The van der Waals surface area contributed by atoms with E-state index in [-0.39, 0.29) is 24.0 Å². The minimum absolute atomic E-state index is 0.0276. The second kappa shape index (κ2) is 7.52. The van der Waals surface area contributed by atoms with Crippen molar-refractivity contribution < 1.29 is 23.0 Å². The molecule has 3 N–H and O–H groups in total. The van der Waals surface area contributed by atoms with E-state index in [4.69, 9.17) is 10.5 Å². The molecule has 0 heterocycles. The molecule has 1 amide bonds. The third kappa shape index (κ3) is 5.09. The zero-order chi connectivity index (χ0) is 14.3. The number of ether oxygens (including phenoxy) is 2. The Hall–Kier alpha value is -1.89. The van der Waals surface area contributed by atoms with Crippen molar-refractivity contribution in [3.63, 3.8) is 0 Å². The lowest BCUT2D eigenvalue weighted by atomic mass is 10.1. The van der Waals surface area contributed by atoms with E-state index < -0.39 is 6.61 Å². The first kappa shape index (κ1) is 15.2. The molecule has 0 fully saturated rings. The summed E-state index contributed by atoms with van der Waals surface area (Å²) in [6.45, 7) is -2.63. The van der Waals surface area contributed by atoms with Gasteiger partial charge in [-0.2, -0.15) is 8.78 Å². The molecule has 0 aromatic heterocycles. The van der Waals surface area contributed by atoms with Crippen molar-refractivity contribution in [1.82, 2.24) is 5.32 Å². The van der Waals surface area contributed by atoms with Crippen molar-refractivity contribution in [2.45, 2.75) is 13.0 Å². The van der Waals surface area contributed by atoms with Crippen LogP contribution in [0.2, 0.25) is 0 Å². The zero-order valence-electron chi connectivity index (χ0n) is 10.5. The third-order valence-electron chi connectivity index (χ3n) is 2.37. The summed E-state index contributed by atoms with van der Waals surface area (Å²) < 4.78 is 33.7. The van der Waals surface area contributed by atoms with E-state index in [1.807, 2.05) is 0 Å². The SMILES string of the molecule is COc1ccc(CCNC(=O)CN)cc1OC(F)F. The first-order chi connectivity index (χ1) is 9.06. The second-order valence-electron chi connectivity index (χ2n) is 3.67. The molecule has 1 rings (SSSR count). The van der Waals surface area contributed by atoms with Crippen LogP contribution in [0.15, 0.2) is 18.2 Å². The zero-order valence-corrected chi connectivity index (χ0v) is 10.5. The topological polar surface area (TPSA) is 73.6 Å². The Labute approximate surface area is 109 Å². The van der Waals surface area contributed by atoms with Gasteiger partial charge < -0.3 is 20.5 Å². The normalized spacial score (nSPS) is 10.4. The molecule has 0 unspecified atom stereocenters. The van der Waals surface area contributed by atoms with E-state index in [1.54, 1.807) is 6.07 Å². The fourth-order valence-corrected chi connectivity index (χ4v) is 1.48. The minimum Gasteiger partial charge on any atom is -0.493 e. The maximum absolute atomic E-state index is 12.2. The Morgan fingerprint density at radius 3 is 2.74 bits per heavy atom. The summed E-state index contributed by atoms with van der Waals surface area (Å²) in [7, 11) is 1.37. The Kier molecular flexibility index (Phi) is 6.01. The van der Waals surface area contributed by atoms with E-state index in [9.17, 15) is 13.6 Å². The molecule has 0 saturated heterocycles. The number of benzene rings is 1. The van der Waals surface area contributed by atoms with Crippen LogP contribution in [0.25, 0.3) is 0 Å². The number of alkyl halides is 2. The molecule has 0 saturated carbocycles. The number of amides is 1. The third-order valence-corrected chi connectivity index (χ3v) is 2.37. The van der Waals surface area contributed by atoms with Crippen LogP contribution in [0.3, 0.4) is 0 Å². The molecule has 0 aliphatic carbocycles. The Morgan fingerprint density at radius 2 is 2.16 bits per heavy atom. The van der Waals surface area contributed by atoms with Gasteiger partial charge >= 0.3 is 6.61 Å². The maximum atomic E-state index is 12.2. The van der Waals surface area contributed by atoms with E-state index in [1.165, 1.54) is 19.2 Å². The molecule has 0 aliphatic rings. The number of halogens is 2. The van der Waals surface area contributed by atoms with Gasteiger partial charge in [-0.05, 0) is 24.1 Å². The lowest BCUT2D eigenvalue weighted by molar-refractivity contribution is -0.119. The summed E-state index contributed by atoms with van der Waals surface area (Å²) in [4.78, 5) is 10.9. The van der Waals surface area contributed by atoms with Gasteiger partial charge in [-0.25, -0.2) is 0 Å². The van der Waals surface area contributed by atoms with Gasteiger partial charge in [0.25, 0.3) is 0 Å². The number of rotatable bonds is 7. The maximum Gasteiger partial charge on any atom is 0.387 e. The minimum atomic E-state index is -2.92. The number of hydrogen-bond donors (Lipinski definition) is 2. The van der Waals surface area contributed by atoms with Crippen molar-refractivity contribution in [2.24, 2.45) is 5.73 Å². The van der Waals surface area contributed by atoms with Crippen LogP contribution in [0.4, 0.5) is 8.78 Å². The highest BCUT2D eigenvalue weighted by Crippen LogP contribution is 2.29. The van der Waals surface area contributed by atoms with E-state index in [0.29, 0.717) is 13.0 Å². The summed E-state index contributed by atoms with van der Waals surface area (Å²) in [5.41, 5.74) is 5.88. The van der Waals surface area contributed by atoms with Crippen LogP contribution in [-0.4, -0.2) is 32.7 Å². The van der Waals surface area contributed by atoms with Gasteiger partial charge in [-0.1, -0.05) is 6.07 Å². The van der Waals surface area contributed by atoms with Crippen molar-refractivity contribution in [3.8, 4) is 11.5 Å². The van der Waals surface area contributed by atoms with Gasteiger partial charge in [0.15, 0.2) is 11.5 Å². The molecule has 106 valence electrons. The standard InChI is InChI=1S/C12H16F2N2O3/c1-18-9-3-2-8(4-5-16-11(17)7-15)6-10(9)19-12(13)14/h2-3,6,12H,4-5,7,15H2,1H3,(H,16,17). The van der Waals surface area contributed by atoms with Gasteiger partial charge in [0.1, 0.15) is 0 Å². The number of methoxy groups -OCH3 is 1. The smallest absolute Gasteiger partial charge is 0.387 e. The second-order valence-corrected chi connectivity index (χ2v) is 3.67. The lowest BCUT2D eigenvalue weighted by Crippen LogP contribution is -2.31. The molecule has 0 bridgehead atoms. The number of hydrogen-bond acceptors (Lipinski definition) is 4. The molecule has 0 aliphatic heterocycles. The monoisotopic (exact) mass is 274 g/mol. The number of carbonyl (C=O) groups excluding carboxylic acids is 1. The van der Waals surface area contributed by atoms with Crippen molar-refractivity contribution in [2.75, 3.05) is 20.2 Å². The van der Waals surface area contributed by atoms with E-state index >= 15 is 0 Å². The number of nitrogens with one attached hydrogen (secondary N) is 1. The van der Waals surface area contributed by atoms with E-state index in [0.717, 1.165) is 5.56 Å². The van der Waals surface area contributed by atoms with Gasteiger partial charge in [-0.15, -0.1) is 0 Å². The molecular formula is C12H16F2N2O3. The highest BCUT2D eigenvalue weighted by Gasteiger charge is 2.11. The first-order valence-electron chi connectivity index (χ1n) is 5.65. The number of carbonyl (C=O) groups is 1. The fourth-order valence-electron chi connectivity index (χ4n) is 1.48. The van der Waals surface area contributed by atoms with Crippen LogP contribution in [0, 0.1) is 0 Å². The van der Waals surface area contributed by atoms with E-state index in [2.05, 4.69) is 10.1 Å². The predicted octanol–water partition coefficient (Wildman–Crippen LogP) is 0.914. The molecule has 5 nitrogen and oxygen atoms in total. The van der Waals surface area contributed by atoms with Crippen LogP contribution in [-0.2, 0) is 11.2 Å². The fraction of sp³-hybridized carbons (Fsp3) is 0.417. The molecule has 7 heteroatoms. The molecule has 1 aromatic carbocycles. The summed E-state index contributed by atoms with van der Waals surface area (Å²) in [6.07, 6.45) is 0.481. The largest absolute Gasteiger partial charge is 0.493 e. The molecule has 0 atom stereocenters. The Morgan fingerprint density at radius 1 is 1.42 bits per heavy atom. The molecular weight excluding hydrogens is 258 g/mol. The van der Waals surface area contributed by atoms with Gasteiger partial charge in [0, 0.05) is 6.54 Å². The van der Waals surface area contributed by atoms with Crippen molar-refractivity contribution in [1.29, 1.82) is 0 Å². The summed E-state index contributed by atoms with van der Waals surface area (Å²) in [6, 6.07) is 4.71. The first-order valence-corrected chi connectivity index (χ1v) is 5.65. The summed E-state index contributed by atoms with van der Waals surface area (Å²) in [5, 5.41) is 2.59. The van der Waals surface area contributed by atoms with Gasteiger partial charge in [0.05, 0.1) is 13.7 Å². The Balaban J connectivity index is 2.66. The van der Waals surface area contributed by atoms with Gasteiger partial charge in [-0.3, -0.25) is 4.79 Å². The van der Waals surface area contributed by atoms with Crippen LogP contribution < -0.4 is 20.5 Å². The summed E-state index contributed by atoms with van der Waals surface area (Å²) in [5.74, 6) is -0.0623. The lowest BCUT2D eigenvalue weighted by Gasteiger charge is -2.11. The molecule has 0 radical (unpaired) electrons. The number of nitrogens with two attached hydrogens (primary N) is 1. The van der Waals surface area contributed by atoms with Crippen LogP contribution in [0.5, 0.6) is 11.5 Å². The molecule has 19 heavy (non-hydrogen) atoms. The highest BCUT2D eigenvalue weighted by molar-refractivity contribution is 5.77. The van der Waals surface area contributed by atoms with Crippen molar-refractivity contribution >= 4 is 5.91 Å². The average Bonchev–Trinajstić information content (AvgIpc) is 2.38. The molecule has 0 spiro atoms. The Bertz CT molecular complexity index is 427. The predicted molar refractivity (Wildman–Crippen MR) is 65.4 cm³/mol.